The highest BCUT2D eigenvalue weighted by atomic mass is 32.2. The first-order valence-electron chi connectivity index (χ1n) is 6.26. The Labute approximate surface area is 120 Å². The maximum absolute atomic E-state index is 11.9. The second-order valence-corrected chi connectivity index (χ2v) is 8.43. The van der Waals surface area contributed by atoms with Gasteiger partial charge in [-0.15, -0.1) is 0 Å². The zero-order valence-corrected chi connectivity index (χ0v) is 13.2. The van der Waals surface area contributed by atoms with E-state index in [0.717, 1.165) is 6.26 Å². The molecule has 20 heavy (non-hydrogen) atoms. The van der Waals surface area contributed by atoms with E-state index in [1.165, 1.54) is 0 Å². The van der Waals surface area contributed by atoms with Crippen LogP contribution in [0.3, 0.4) is 0 Å². The third-order valence-electron chi connectivity index (χ3n) is 2.64. The van der Waals surface area contributed by atoms with E-state index in [0.29, 0.717) is 25.2 Å². The molecule has 0 spiro atoms. The van der Waals surface area contributed by atoms with Crippen molar-refractivity contribution >= 4 is 25.5 Å². The average molecular weight is 320 g/mol. The van der Waals surface area contributed by atoms with Gasteiger partial charge in [-0.3, -0.25) is 0 Å². The summed E-state index contributed by atoms with van der Waals surface area (Å²) < 4.78 is 48.0. The molecule has 6 nitrogen and oxygen atoms in total. The van der Waals surface area contributed by atoms with Crippen LogP contribution in [-0.4, -0.2) is 41.9 Å². The van der Waals surface area contributed by atoms with Crippen molar-refractivity contribution in [2.45, 2.75) is 18.2 Å². The molecule has 0 aliphatic carbocycles. The van der Waals surface area contributed by atoms with Gasteiger partial charge < -0.3 is 5.32 Å². The first-order valence-corrected chi connectivity index (χ1v) is 9.81. The summed E-state index contributed by atoms with van der Waals surface area (Å²) in [7, 11) is -6.45. The Morgan fingerprint density at radius 3 is 2.30 bits per heavy atom. The van der Waals surface area contributed by atoms with Gasteiger partial charge in [0, 0.05) is 13.1 Å². The highest BCUT2D eigenvalue weighted by Crippen LogP contribution is 2.21. The van der Waals surface area contributed by atoms with E-state index in [1.807, 2.05) is 0 Å². The number of sulfone groups is 1. The molecule has 0 unspecified atom stereocenters. The molecule has 0 atom stereocenters. The Bertz CT molecular complexity index is 639. The second kappa shape index (κ2) is 7.05. The minimum Gasteiger partial charge on any atom is -0.384 e. The van der Waals surface area contributed by atoms with Crippen molar-refractivity contribution in [1.82, 2.24) is 4.72 Å². The van der Waals surface area contributed by atoms with Gasteiger partial charge in [0.05, 0.1) is 22.6 Å². The molecule has 0 aliphatic rings. The standard InChI is InChI=1S/C12H20N2O4S2/c1-3-20(17,18)12-8-5-4-7-11(12)13-9-6-10-14-19(2,15)16/h4-5,7-8,13-14H,3,6,9-10H2,1-2H3. The van der Waals surface area contributed by atoms with Crippen LogP contribution in [0.5, 0.6) is 0 Å². The van der Waals surface area contributed by atoms with Crippen LogP contribution in [0.25, 0.3) is 0 Å². The van der Waals surface area contributed by atoms with Crippen molar-refractivity contribution in [2.24, 2.45) is 0 Å². The van der Waals surface area contributed by atoms with E-state index >= 15 is 0 Å². The fourth-order valence-corrected chi connectivity index (χ4v) is 3.20. The molecule has 0 saturated carbocycles. The summed E-state index contributed by atoms with van der Waals surface area (Å²) >= 11 is 0. The van der Waals surface area contributed by atoms with Crippen molar-refractivity contribution in [1.29, 1.82) is 0 Å². The fraction of sp³-hybridized carbons (Fsp3) is 0.500. The van der Waals surface area contributed by atoms with E-state index in [4.69, 9.17) is 0 Å². The lowest BCUT2D eigenvalue weighted by Gasteiger charge is -2.11. The van der Waals surface area contributed by atoms with Crippen molar-refractivity contribution in [3.63, 3.8) is 0 Å². The summed E-state index contributed by atoms with van der Waals surface area (Å²) in [6.45, 7) is 2.40. The summed E-state index contributed by atoms with van der Waals surface area (Å²) in [5.41, 5.74) is 0.550. The summed E-state index contributed by atoms with van der Waals surface area (Å²) in [6, 6.07) is 6.70. The molecule has 0 amide bonds. The summed E-state index contributed by atoms with van der Waals surface area (Å²) in [5.74, 6) is 0.0430. The maximum atomic E-state index is 11.9. The number of sulfonamides is 1. The predicted octanol–water partition coefficient (Wildman–Crippen LogP) is 0.831. The monoisotopic (exact) mass is 320 g/mol. The van der Waals surface area contributed by atoms with Gasteiger partial charge in [-0.1, -0.05) is 19.1 Å². The maximum Gasteiger partial charge on any atom is 0.208 e. The Hall–Kier alpha value is -1.12. The number of nitrogens with one attached hydrogen (secondary N) is 2. The molecule has 8 heteroatoms. The summed E-state index contributed by atoms with van der Waals surface area (Å²) in [5, 5.41) is 3.03. The number of benzene rings is 1. The highest BCUT2D eigenvalue weighted by Gasteiger charge is 2.15. The molecule has 114 valence electrons. The van der Waals surface area contributed by atoms with Crippen LogP contribution >= 0.6 is 0 Å². The second-order valence-electron chi connectivity index (χ2n) is 4.35. The molecule has 2 N–H and O–H groups in total. The van der Waals surface area contributed by atoms with Gasteiger partial charge in [0.15, 0.2) is 9.84 Å². The first-order chi connectivity index (χ1) is 9.26. The number of para-hydroxylation sites is 1. The Kier molecular flexibility index (Phi) is 5.97. The van der Waals surface area contributed by atoms with Crippen LogP contribution < -0.4 is 10.0 Å². The molecule has 0 fully saturated rings. The largest absolute Gasteiger partial charge is 0.384 e. The fourth-order valence-electron chi connectivity index (χ4n) is 1.61. The summed E-state index contributed by atoms with van der Waals surface area (Å²) in [4.78, 5) is 0.276. The molecule has 1 rings (SSSR count). The van der Waals surface area contributed by atoms with Gasteiger partial charge in [0.2, 0.25) is 10.0 Å². The normalized spacial score (nSPS) is 12.3. The number of rotatable bonds is 8. The topological polar surface area (TPSA) is 92.3 Å². The third-order valence-corrected chi connectivity index (χ3v) is 5.15. The van der Waals surface area contributed by atoms with Crippen LogP contribution in [-0.2, 0) is 19.9 Å². The predicted molar refractivity (Wildman–Crippen MR) is 80.1 cm³/mol. The van der Waals surface area contributed by atoms with Crippen LogP contribution in [0.4, 0.5) is 5.69 Å². The SMILES string of the molecule is CCS(=O)(=O)c1ccccc1NCCCNS(C)(=O)=O. The van der Waals surface area contributed by atoms with Gasteiger partial charge in [0.25, 0.3) is 0 Å². The van der Waals surface area contributed by atoms with Crippen molar-refractivity contribution < 1.29 is 16.8 Å². The molecule has 1 aromatic carbocycles. The van der Waals surface area contributed by atoms with Crippen molar-refractivity contribution in [3.05, 3.63) is 24.3 Å². The van der Waals surface area contributed by atoms with Crippen molar-refractivity contribution in [2.75, 3.05) is 30.4 Å². The molecular formula is C12H20N2O4S2. The van der Waals surface area contributed by atoms with Crippen LogP contribution in [0, 0.1) is 0 Å². The lowest BCUT2D eigenvalue weighted by atomic mass is 10.3. The minimum atomic E-state index is -3.27. The smallest absolute Gasteiger partial charge is 0.208 e. The lowest BCUT2D eigenvalue weighted by molar-refractivity contribution is 0.586. The third kappa shape index (κ3) is 5.48. The molecule has 0 heterocycles. The quantitative estimate of drug-likeness (QED) is 0.692. The number of anilines is 1. The Morgan fingerprint density at radius 2 is 1.70 bits per heavy atom. The number of hydrogen-bond acceptors (Lipinski definition) is 5. The van der Waals surface area contributed by atoms with Gasteiger partial charge in [0.1, 0.15) is 0 Å². The van der Waals surface area contributed by atoms with Gasteiger partial charge in [-0.2, -0.15) is 0 Å². The lowest BCUT2D eigenvalue weighted by Crippen LogP contribution is -2.24. The Balaban J connectivity index is 2.61. The van der Waals surface area contributed by atoms with E-state index in [2.05, 4.69) is 10.0 Å². The molecule has 0 saturated heterocycles. The summed E-state index contributed by atoms with van der Waals surface area (Å²) in [6.07, 6.45) is 1.66. The zero-order valence-electron chi connectivity index (χ0n) is 11.6. The molecule has 0 aliphatic heterocycles. The van der Waals surface area contributed by atoms with Crippen LogP contribution in [0.15, 0.2) is 29.2 Å². The van der Waals surface area contributed by atoms with E-state index in [-0.39, 0.29) is 10.6 Å². The molecule has 0 aromatic heterocycles. The molecular weight excluding hydrogens is 300 g/mol. The number of hydrogen-bond donors (Lipinski definition) is 2. The zero-order chi connectivity index (χ0) is 15.2. The van der Waals surface area contributed by atoms with E-state index in [9.17, 15) is 16.8 Å². The van der Waals surface area contributed by atoms with E-state index < -0.39 is 19.9 Å². The Morgan fingerprint density at radius 1 is 1.05 bits per heavy atom. The molecule has 0 bridgehead atoms. The van der Waals surface area contributed by atoms with E-state index in [1.54, 1.807) is 31.2 Å². The average Bonchev–Trinajstić information content (AvgIpc) is 2.37. The minimum absolute atomic E-state index is 0.0430. The highest BCUT2D eigenvalue weighted by molar-refractivity contribution is 7.91. The van der Waals surface area contributed by atoms with Gasteiger partial charge >= 0.3 is 0 Å². The van der Waals surface area contributed by atoms with Crippen LogP contribution in [0.1, 0.15) is 13.3 Å². The molecule has 1 aromatic rings. The van der Waals surface area contributed by atoms with Gasteiger partial charge in [-0.25, -0.2) is 21.6 Å². The van der Waals surface area contributed by atoms with Crippen molar-refractivity contribution in [3.8, 4) is 0 Å². The van der Waals surface area contributed by atoms with Gasteiger partial charge in [-0.05, 0) is 18.6 Å². The van der Waals surface area contributed by atoms with Crippen LogP contribution in [0.2, 0.25) is 0 Å². The first kappa shape index (κ1) is 16.9. The molecule has 0 radical (unpaired) electrons.